The van der Waals surface area contributed by atoms with Crippen molar-refractivity contribution >= 4 is 29.7 Å². The minimum atomic E-state index is -1.01. The van der Waals surface area contributed by atoms with Crippen molar-refractivity contribution in [2.45, 2.75) is 24.8 Å². The Labute approximate surface area is 197 Å². The number of amides is 2. The van der Waals surface area contributed by atoms with Gasteiger partial charge >= 0.3 is 12.1 Å². The lowest BCUT2D eigenvalue weighted by atomic mass is 9.98. The lowest BCUT2D eigenvalue weighted by Crippen LogP contribution is -2.49. The van der Waals surface area contributed by atoms with E-state index >= 15 is 0 Å². The molecule has 2 aliphatic rings. The Morgan fingerprint density at radius 2 is 1.70 bits per heavy atom. The topological polar surface area (TPSA) is 95.9 Å². The molecule has 1 fully saturated rings. The molecule has 1 unspecified atom stereocenters. The van der Waals surface area contributed by atoms with Gasteiger partial charge < -0.3 is 20.1 Å². The first-order valence-electron chi connectivity index (χ1n) is 11.1. The van der Waals surface area contributed by atoms with Gasteiger partial charge in [0.1, 0.15) is 12.6 Å². The highest BCUT2D eigenvalue weighted by Gasteiger charge is 2.31. The van der Waals surface area contributed by atoms with Gasteiger partial charge in [0.15, 0.2) is 0 Å². The van der Waals surface area contributed by atoms with Crippen molar-refractivity contribution < 1.29 is 24.2 Å². The second kappa shape index (κ2) is 10.3. The number of likely N-dealkylation sites (N-methyl/N-ethyl adjacent to an activating group) is 1. The predicted molar refractivity (Wildman–Crippen MR) is 127 cm³/mol. The molecule has 1 aliphatic heterocycles. The summed E-state index contributed by atoms with van der Waals surface area (Å²) in [5, 5.41) is 11.7. The van der Waals surface area contributed by atoms with Crippen LogP contribution in [-0.2, 0) is 14.3 Å². The van der Waals surface area contributed by atoms with Crippen LogP contribution in [0, 0.1) is 5.92 Å². The summed E-state index contributed by atoms with van der Waals surface area (Å²) >= 11 is 1.84. The third-order valence-corrected chi connectivity index (χ3v) is 7.61. The maximum atomic E-state index is 12.9. The number of alkyl carbamates (subject to hydrolysis) is 1. The van der Waals surface area contributed by atoms with E-state index in [0.717, 1.165) is 33.8 Å². The lowest BCUT2D eigenvalue weighted by molar-refractivity contribution is -0.137. The van der Waals surface area contributed by atoms with Gasteiger partial charge in [-0.15, -0.1) is 0 Å². The largest absolute Gasteiger partial charge is 0.481 e. The van der Waals surface area contributed by atoms with Crippen LogP contribution in [0.25, 0.3) is 11.1 Å². The lowest BCUT2D eigenvalue weighted by Gasteiger charge is -2.31. The van der Waals surface area contributed by atoms with E-state index in [2.05, 4.69) is 17.4 Å². The zero-order valence-electron chi connectivity index (χ0n) is 18.5. The number of benzene rings is 2. The van der Waals surface area contributed by atoms with Gasteiger partial charge in [-0.3, -0.25) is 9.59 Å². The fourth-order valence-corrected chi connectivity index (χ4v) is 5.22. The van der Waals surface area contributed by atoms with E-state index < -0.39 is 18.1 Å². The number of carboxylic acids is 1. The molecule has 4 rings (SSSR count). The van der Waals surface area contributed by atoms with Gasteiger partial charge in [0.25, 0.3) is 0 Å². The second-order valence-corrected chi connectivity index (χ2v) is 9.65. The summed E-state index contributed by atoms with van der Waals surface area (Å²) < 4.78 is 5.55. The molecule has 0 bridgehead atoms. The molecule has 2 amide bonds. The third-order valence-electron chi connectivity index (χ3n) is 6.20. The predicted octanol–water partition coefficient (Wildman–Crippen LogP) is 3.58. The maximum Gasteiger partial charge on any atom is 0.407 e. The first kappa shape index (κ1) is 23.2. The number of carbonyl (C=O) groups excluding carboxylic acids is 2. The van der Waals surface area contributed by atoms with Gasteiger partial charge in [-0.1, -0.05) is 48.5 Å². The molecular formula is C25H28N2O5S. The fourth-order valence-electron chi connectivity index (χ4n) is 4.44. The van der Waals surface area contributed by atoms with Crippen molar-refractivity contribution in [3.8, 4) is 11.1 Å². The average molecular weight is 469 g/mol. The van der Waals surface area contributed by atoms with Crippen LogP contribution in [0.15, 0.2) is 48.5 Å². The van der Waals surface area contributed by atoms with Crippen molar-refractivity contribution in [2.24, 2.45) is 5.92 Å². The quantitative estimate of drug-likeness (QED) is 0.584. The Hall–Kier alpha value is -3.00. The highest BCUT2D eigenvalue weighted by Crippen LogP contribution is 2.44. The van der Waals surface area contributed by atoms with Crippen LogP contribution in [0.3, 0.4) is 0 Å². The number of hydrogen-bond donors (Lipinski definition) is 2. The van der Waals surface area contributed by atoms with Gasteiger partial charge in [0.2, 0.25) is 5.91 Å². The molecule has 1 heterocycles. The van der Waals surface area contributed by atoms with Crippen molar-refractivity contribution in [1.29, 1.82) is 0 Å². The molecule has 7 nitrogen and oxygen atoms in total. The first-order valence-corrected chi connectivity index (χ1v) is 12.3. The fraction of sp³-hybridized carbons (Fsp3) is 0.400. The third kappa shape index (κ3) is 5.33. The number of nitrogens with zero attached hydrogens (tertiary/aromatic N) is 1. The van der Waals surface area contributed by atoms with Crippen LogP contribution in [0.4, 0.5) is 4.79 Å². The van der Waals surface area contributed by atoms with E-state index in [0.29, 0.717) is 12.5 Å². The van der Waals surface area contributed by atoms with Crippen LogP contribution in [0.1, 0.15) is 29.9 Å². The Balaban J connectivity index is 1.40. The second-order valence-electron chi connectivity index (χ2n) is 8.58. The van der Waals surface area contributed by atoms with Crippen molar-refractivity contribution in [2.75, 3.05) is 31.7 Å². The Bertz CT molecular complexity index is 993. The standard InChI is InChI=1S/C25H28N2O5S/c1-27(12-16-14-33-15-16)24(30)22(10-11-23(28)29)26-25(31)32-13-21-19-8-4-2-6-17(19)18-7-3-5-9-20(18)21/h2-9,16,21-22H,10-15H2,1H3,(H,26,31)(H,28,29). The number of aliphatic carboxylic acids is 1. The van der Waals surface area contributed by atoms with E-state index in [4.69, 9.17) is 9.84 Å². The van der Waals surface area contributed by atoms with Gasteiger partial charge in [-0.05, 0) is 46.1 Å². The van der Waals surface area contributed by atoms with Gasteiger partial charge in [0, 0.05) is 25.9 Å². The molecule has 33 heavy (non-hydrogen) atoms. The summed E-state index contributed by atoms with van der Waals surface area (Å²) in [6.07, 6.45) is -0.914. The minimum Gasteiger partial charge on any atom is -0.481 e. The van der Waals surface area contributed by atoms with Crippen LogP contribution in [-0.4, -0.2) is 65.7 Å². The summed E-state index contributed by atoms with van der Waals surface area (Å²) in [6.45, 7) is 0.733. The average Bonchev–Trinajstić information content (AvgIpc) is 3.10. The monoisotopic (exact) mass is 468 g/mol. The van der Waals surface area contributed by atoms with Gasteiger partial charge in [0.05, 0.1) is 0 Å². The van der Waals surface area contributed by atoms with Crippen molar-refractivity contribution in [3.63, 3.8) is 0 Å². The molecule has 2 N–H and O–H groups in total. The van der Waals surface area contributed by atoms with E-state index in [1.165, 1.54) is 0 Å². The van der Waals surface area contributed by atoms with Crippen molar-refractivity contribution in [1.82, 2.24) is 10.2 Å². The molecule has 1 atom stereocenters. The number of rotatable bonds is 9. The Morgan fingerprint density at radius 1 is 1.09 bits per heavy atom. The maximum absolute atomic E-state index is 12.9. The highest BCUT2D eigenvalue weighted by molar-refractivity contribution is 8.00. The number of ether oxygens (including phenoxy) is 1. The Morgan fingerprint density at radius 3 is 2.24 bits per heavy atom. The van der Waals surface area contributed by atoms with Gasteiger partial charge in [-0.2, -0.15) is 11.8 Å². The van der Waals surface area contributed by atoms with Crippen LogP contribution in [0.2, 0.25) is 0 Å². The minimum absolute atomic E-state index is 0.0160. The molecule has 2 aromatic rings. The van der Waals surface area contributed by atoms with Crippen LogP contribution in [0.5, 0.6) is 0 Å². The molecular weight excluding hydrogens is 440 g/mol. The molecule has 0 aromatic heterocycles. The summed E-state index contributed by atoms with van der Waals surface area (Å²) in [5.41, 5.74) is 4.46. The number of carboxylic acid groups (broad SMARTS) is 1. The Kier molecular flexibility index (Phi) is 7.23. The molecule has 0 spiro atoms. The summed E-state index contributed by atoms with van der Waals surface area (Å²) in [4.78, 5) is 38.2. The number of fused-ring (bicyclic) bond motifs is 3. The van der Waals surface area contributed by atoms with Crippen LogP contribution < -0.4 is 5.32 Å². The van der Waals surface area contributed by atoms with E-state index in [-0.39, 0.29) is 31.3 Å². The van der Waals surface area contributed by atoms with E-state index in [1.54, 1.807) is 11.9 Å². The van der Waals surface area contributed by atoms with Crippen LogP contribution >= 0.6 is 11.8 Å². The zero-order valence-corrected chi connectivity index (χ0v) is 19.3. The number of carbonyl (C=O) groups is 3. The molecule has 0 radical (unpaired) electrons. The highest BCUT2D eigenvalue weighted by atomic mass is 32.2. The number of hydrogen-bond acceptors (Lipinski definition) is 5. The molecule has 1 saturated heterocycles. The summed E-state index contributed by atoms with van der Waals surface area (Å²) in [7, 11) is 1.69. The molecule has 8 heteroatoms. The molecule has 174 valence electrons. The van der Waals surface area contributed by atoms with Crippen molar-refractivity contribution in [3.05, 3.63) is 59.7 Å². The number of nitrogens with one attached hydrogen (secondary N) is 1. The van der Waals surface area contributed by atoms with E-state index in [9.17, 15) is 14.4 Å². The summed E-state index contributed by atoms with van der Waals surface area (Å²) in [6, 6.07) is 15.2. The normalized spacial score (nSPS) is 15.7. The SMILES string of the molecule is CN(CC1CSC1)C(=O)C(CCC(=O)O)NC(=O)OCC1c2ccccc2-c2ccccc21. The summed E-state index contributed by atoms with van der Waals surface area (Å²) in [5.74, 6) is 1.07. The molecule has 2 aromatic carbocycles. The van der Waals surface area contributed by atoms with E-state index in [1.807, 2.05) is 48.2 Å². The molecule has 0 saturated carbocycles. The first-order chi connectivity index (χ1) is 15.9. The smallest absolute Gasteiger partial charge is 0.407 e. The number of thioether (sulfide) groups is 1. The molecule has 1 aliphatic carbocycles. The zero-order chi connectivity index (χ0) is 23.4. The van der Waals surface area contributed by atoms with Gasteiger partial charge in [-0.25, -0.2) is 4.79 Å².